The van der Waals surface area contributed by atoms with Crippen LogP contribution >= 0.6 is 23.1 Å². The van der Waals surface area contributed by atoms with Crippen molar-refractivity contribution in [3.05, 3.63) is 51.5 Å². The highest BCUT2D eigenvalue weighted by Gasteiger charge is 2.30. The van der Waals surface area contributed by atoms with E-state index in [0.717, 1.165) is 5.01 Å². The minimum Gasteiger partial charge on any atom is -0.286 e. The Kier molecular flexibility index (Phi) is 4.16. The standard InChI is InChI=1S/C13H10N4O3S2/c1-8-14-15-13(22-8)21-7-10(18)11-12(19)20-16-17(11)9-5-3-2-4-6-9/h2-6H,7H2,1H3/p+1. The van der Waals surface area contributed by atoms with Crippen LogP contribution in [-0.4, -0.2) is 27.0 Å². The number of hydrogen-bond acceptors (Lipinski definition) is 7. The van der Waals surface area contributed by atoms with Crippen molar-refractivity contribution in [1.29, 1.82) is 0 Å². The predicted octanol–water partition coefficient (Wildman–Crippen LogP) is 1.38. The van der Waals surface area contributed by atoms with Gasteiger partial charge in [-0.25, -0.2) is 4.79 Å². The van der Waals surface area contributed by atoms with Gasteiger partial charge in [-0.3, -0.25) is 9.32 Å². The third kappa shape index (κ3) is 3.00. The molecular weight excluding hydrogens is 324 g/mol. The molecule has 0 unspecified atom stereocenters. The van der Waals surface area contributed by atoms with E-state index in [1.54, 1.807) is 24.3 Å². The van der Waals surface area contributed by atoms with E-state index in [-0.39, 0.29) is 17.2 Å². The first-order chi connectivity index (χ1) is 10.6. The zero-order valence-electron chi connectivity index (χ0n) is 11.5. The molecule has 0 saturated heterocycles. The number of carbonyl (C=O) groups is 1. The molecule has 1 N–H and O–H groups in total. The van der Waals surface area contributed by atoms with Crippen LogP contribution in [0.3, 0.4) is 0 Å². The Morgan fingerprint density at radius 3 is 2.82 bits per heavy atom. The van der Waals surface area contributed by atoms with E-state index in [1.807, 2.05) is 13.0 Å². The number of aromatic nitrogens is 4. The van der Waals surface area contributed by atoms with E-state index in [2.05, 4.69) is 15.5 Å². The number of nitrogens with one attached hydrogen (secondary N) is 1. The maximum absolute atomic E-state index is 12.3. The lowest BCUT2D eigenvalue weighted by Gasteiger charge is -1.94. The third-order valence-corrected chi connectivity index (χ3v) is 4.73. The van der Waals surface area contributed by atoms with E-state index < -0.39 is 5.63 Å². The second kappa shape index (κ2) is 6.24. The monoisotopic (exact) mass is 335 g/mol. The summed E-state index contributed by atoms with van der Waals surface area (Å²) in [4.78, 5) is 24.1. The maximum atomic E-state index is 12.3. The SMILES string of the molecule is Cc1nnc(SCC(=O)c2c(=O)o[nH][n+]2-c2ccccc2)s1. The quantitative estimate of drug-likeness (QED) is 0.430. The lowest BCUT2D eigenvalue weighted by atomic mass is 10.3. The second-order valence-electron chi connectivity index (χ2n) is 4.30. The van der Waals surface area contributed by atoms with E-state index in [0.29, 0.717) is 10.0 Å². The Bertz CT molecular complexity index is 854. The summed E-state index contributed by atoms with van der Waals surface area (Å²) in [5.74, 6) is -0.249. The van der Waals surface area contributed by atoms with Crippen molar-refractivity contribution >= 4 is 28.9 Å². The van der Waals surface area contributed by atoms with Crippen LogP contribution in [0.1, 0.15) is 15.5 Å². The summed E-state index contributed by atoms with van der Waals surface area (Å²) in [5, 5.41) is 11.1. The van der Waals surface area contributed by atoms with E-state index in [4.69, 9.17) is 4.52 Å². The number of benzene rings is 1. The first-order valence-corrected chi connectivity index (χ1v) is 8.10. The number of ketones is 1. The van der Waals surface area contributed by atoms with Gasteiger partial charge in [0.1, 0.15) is 5.01 Å². The predicted molar refractivity (Wildman–Crippen MR) is 80.6 cm³/mol. The van der Waals surface area contributed by atoms with Crippen LogP contribution in [0.25, 0.3) is 5.69 Å². The van der Waals surface area contributed by atoms with Crippen LogP contribution in [0, 0.1) is 6.92 Å². The van der Waals surface area contributed by atoms with Crippen molar-refractivity contribution in [3.8, 4) is 5.69 Å². The second-order valence-corrected chi connectivity index (χ2v) is 6.70. The summed E-state index contributed by atoms with van der Waals surface area (Å²) in [6, 6.07) is 8.99. The number of para-hydroxylation sites is 1. The molecule has 0 amide bonds. The highest BCUT2D eigenvalue weighted by molar-refractivity contribution is 8.01. The Balaban J connectivity index is 1.84. The molecule has 0 bridgehead atoms. The minimum absolute atomic E-state index is 0.0417. The highest BCUT2D eigenvalue weighted by atomic mass is 32.2. The highest BCUT2D eigenvalue weighted by Crippen LogP contribution is 2.22. The molecule has 7 nitrogen and oxygen atoms in total. The van der Waals surface area contributed by atoms with Gasteiger partial charge in [-0.05, 0) is 16.9 Å². The van der Waals surface area contributed by atoms with Crippen LogP contribution in [0.2, 0.25) is 0 Å². The molecular formula is C13H11N4O3S2+. The Hall–Kier alpha value is -2.26. The molecule has 0 spiro atoms. The molecule has 0 radical (unpaired) electrons. The smallest absolute Gasteiger partial charge is 0.286 e. The molecule has 0 aliphatic heterocycles. The van der Waals surface area contributed by atoms with Gasteiger partial charge >= 0.3 is 11.3 Å². The zero-order valence-corrected chi connectivity index (χ0v) is 13.1. The van der Waals surface area contributed by atoms with E-state index >= 15 is 0 Å². The summed E-state index contributed by atoms with van der Waals surface area (Å²) in [5.41, 5.74) is -0.0868. The van der Waals surface area contributed by atoms with E-state index in [1.165, 1.54) is 27.8 Å². The lowest BCUT2D eigenvalue weighted by molar-refractivity contribution is -0.672. The van der Waals surface area contributed by atoms with Crippen molar-refractivity contribution < 1.29 is 14.0 Å². The summed E-state index contributed by atoms with van der Waals surface area (Å²) in [7, 11) is 0. The number of hydrogen-bond donors (Lipinski definition) is 1. The molecule has 0 aliphatic rings. The number of carbonyl (C=O) groups excluding carboxylic acids is 1. The van der Waals surface area contributed by atoms with Gasteiger partial charge in [0, 0.05) is 12.1 Å². The summed E-state index contributed by atoms with van der Waals surface area (Å²) >= 11 is 2.65. The number of aromatic amines is 1. The molecule has 3 rings (SSSR count). The zero-order chi connectivity index (χ0) is 15.5. The summed E-state index contributed by atoms with van der Waals surface area (Å²) in [6.07, 6.45) is 0. The van der Waals surface area contributed by atoms with Gasteiger partial charge in [-0.2, -0.15) is 0 Å². The van der Waals surface area contributed by atoms with Gasteiger partial charge in [0.25, 0.3) is 0 Å². The Labute approximate surface area is 132 Å². The summed E-state index contributed by atoms with van der Waals surface area (Å²) < 4.78 is 6.79. The van der Waals surface area contributed by atoms with Gasteiger partial charge in [0.15, 0.2) is 4.34 Å². The fourth-order valence-corrected chi connectivity index (χ4v) is 3.48. The molecule has 1 aromatic carbocycles. The van der Waals surface area contributed by atoms with Crippen molar-refractivity contribution in [1.82, 2.24) is 15.5 Å². The van der Waals surface area contributed by atoms with E-state index in [9.17, 15) is 9.59 Å². The first-order valence-electron chi connectivity index (χ1n) is 6.30. The van der Waals surface area contributed by atoms with Crippen LogP contribution in [0.4, 0.5) is 0 Å². The molecule has 112 valence electrons. The average Bonchev–Trinajstić information content (AvgIpc) is 3.12. The molecule has 22 heavy (non-hydrogen) atoms. The molecule has 0 fully saturated rings. The van der Waals surface area contributed by atoms with Crippen LogP contribution in [0.5, 0.6) is 0 Å². The number of rotatable bonds is 5. The first kappa shape index (κ1) is 14.7. The number of H-pyrrole nitrogens is 1. The Morgan fingerprint density at radius 2 is 2.14 bits per heavy atom. The van der Waals surface area contributed by atoms with Gasteiger partial charge in [0.05, 0.1) is 5.75 Å². The molecule has 0 aliphatic carbocycles. The maximum Gasteiger partial charge on any atom is 0.438 e. The fourth-order valence-electron chi connectivity index (χ4n) is 1.80. The van der Waals surface area contributed by atoms with Crippen LogP contribution < -0.4 is 10.3 Å². The van der Waals surface area contributed by atoms with Gasteiger partial charge in [-0.15, -0.1) is 10.2 Å². The molecule has 2 aromatic heterocycles. The van der Waals surface area contributed by atoms with Crippen LogP contribution in [-0.2, 0) is 0 Å². The van der Waals surface area contributed by atoms with Crippen molar-refractivity contribution in [2.45, 2.75) is 11.3 Å². The number of aryl methyl sites for hydroxylation is 1. The topological polar surface area (TPSA) is 92.7 Å². The minimum atomic E-state index is -0.692. The molecule has 0 atom stereocenters. The molecule has 9 heteroatoms. The normalized spacial score (nSPS) is 10.8. The van der Waals surface area contributed by atoms with Crippen molar-refractivity contribution in [2.24, 2.45) is 0 Å². The third-order valence-electron chi connectivity index (χ3n) is 2.76. The number of Topliss-reactive ketones (excluding diaryl/α,β-unsaturated/α-hetero) is 1. The van der Waals surface area contributed by atoms with Crippen LogP contribution in [0.15, 0.2) is 44.0 Å². The largest absolute Gasteiger partial charge is 0.438 e. The number of nitrogens with zero attached hydrogens (tertiary/aromatic N) is 3. The van der Waals surface area contributed by atoms with Gasteiger partial charge in [-0.1, -0.05) is 41.3 Å². The Morgan fingerprint density at radius 1 is 1.36 bits per heavy atom. The van der Waals surface area contributed by atoms with Crippen molar-refractivity contribution in [3.63, 3.8) is 0 Å². The van der Waals surface area contributed by atoms with Gasteiger partial charge < -0.3 is 0 Å². The summed E-state index contributed by atoms with van der Waals surface area (Å²) in [6.45, 7) is 1.84. The van der Waals surface area contributed by atoms with Crippen molar-refractivity contribution in [2.75, 3.05) is 5.75 Å². The molecule has 2 heterocycles. The lowest BCUT2D eigenvalue weighted by Crippen LogP contribution is -2.41. The molecule has 3 aromatic rings. The molecule has 0 saturated carbocycles. The fraction of sp³-hybridized carbons (Fsp3) is 0.154. The average molecular weight is 335 g/mol. The number of thioether (sulfide) groups is 1. The van der Waals surface area contributed by atoms with Gasteiger partial charge in [0.2, 0.25) is 11.5 Å².